The largest absolute Gasteiger partial charge is 0.497 e. The van der Waals surface area contributed by atoms with E-state index in [0.717, 1.165) is 35.7 Å². The molecule has 2 aromatic carbocycles. The Kier molecular flexibility index (Phi) is 7.66. The summed E-state index contributed by atoms with van der Waals surface area (Å²) in [4.78, 5) is 26.6. The quantitative estimate of drug-likeness (QED) is 0.586. The number of hydrogen-bond acceptors (Lipinski definition) is 6. The predicted octanol–water partition coefficient (Wildman–Crippen LogP) is 3.64. The fraction of sp³-hybridized carbons (Fsp3) is 0.292. The van der Waals surface area contributed by atoms with E-state index in [1.165, 1.54) is 0 Å². The number of piperazine rings is 1. The number of carbonyl (C=O) groups is 1. The maximum absolute atomic E-state index is 13.1. The molecule has 0 saturated carbocycles. The molecule has 32 heavy (non-hydrogen) atoms. The van der Waals surface area contributed by atoms with Crippen LogP contribution >= 0.6 is 12.4 Å². The van der Waals surface area contributed by atoms with Gasteiger partial charge in [0, 0.05) is 37.3 Å². The highest BCUT2D eigenvalue weighted by Crippen LogP contribution is 2.31. The van der Waals surface area contributed by atoms with E-state index in [1.54, 1.807) is 20.4 Å². The highest BCUT2D eigenvalue weighted by molar-refractivity contribution is 5.93. The Morgan fingerprint density at radius 2 is 1.31 bits per heavy atom. The maximum atomic E-state index is 13.1. The molecule has 1 aromatic heterocycles. The van der Waals surface area contributed by atoms with Crippen molar-refractivity contribution in [3.63, 3.8) is 0 Å². The van der Waals surface area contributed by atoms with Crippen molar-refractivity contribution in [2.45, 2.75) is 0 Å². The van der Waals surface area contributed by atoms with Crippen LogP contribution in [0.2, 0.25) is 0 Å². The molecule has 0 bridgehead atoms. The number of benzene rings is 2. The standard InChI is InChI=1S/C24H26N4O3.ClH/c1-27-12-14-28(15-13-27)24(29)21-16-25-22(17-4-8-19(30-2)9-5-17)23(26-21)18-6-10-20(31-3)11-7-18;/h4-11,16H,12-15H2,1-3H3;1H. The van der Waals surface area contributed by atoms with Crippen LogP contribution in [0.5, 0.6) is 11.5 Å². The highest BCUT2D eigenvalue weighted by Gasteiger charge is 2.23. The molecule has 1 saturated heterocycles. The average molecular weight is 455 g/mol. The van der Waals surface area contributed by atoms with E-state index >= 15 is 0 Å². The third-order valence-corrected chi connectivity index (χ3v) is 5.51. The molecule has 0 aliphatic carbocycles. The Hall–Kier alpha value is -3.16. The fourth-order valence-electron chi connectivity index (χ4n) is 3.57. The van der Waals surface area contributed by atoms with Crippen molar-refractivity contribution < 1.29 is 14.3 Å². The van der Waals surface area contributed by atoms with Crippen LogP contribution < -0.4 is 9.47 Å². The van der Waals surface area contributed by atoms with Crippen molar-refractivity contribution in [1.82, 2.24) is 19.8 Å². The van der Waals surface area contributed by atoms with Crippen molar-refractivity contribution in [2.24, 2.45) is 0 Å². The Morgan fingerprint density at radius 1 is 0.812 bits per heavy atom. The van der Waals surface area contributed by atoms with Gasteiger partial charge in [0.05, 0.1) is 31.8 Å². The molecular formula is C24H27ClN4O3. The number of halogens is 1. The lowest BCUT2D eigenvalue weighted by Crippen LogP contribution is -2.47. The summed E-state index contributed by atoms with van der Waals surface area (Å²) in [6.07, 6.45) is 1.58. The third-order valence-electron chi connectivity index (χ3n) is 5.51. The first-order valence-electron chi connectivity index (χ1n) is 10.2. The van der Waals surface area contributed by atoms with Crippen LogP contribution in [-0.4, -0.2) is 73.1 Å². The predicted molar refractivity (Wildman–Crippen MR) is 127 cm³/mol. The van der Waals surface area contributed by atoms with E-state index in [4.69, 9.17) is 14.5 Å². The van der Waals surface area contributed by atoms with Gasteiger partial charge in [-0.1, -0.05) is 0 Å². The lowest BCUT2D eigenvalue weighted by atomic mass is 10.0. The summed E-state index contributed by atoms with van der Waals surface area (Å²) in [5.74, 6) is 1.44. The lowest BCUT2D eigenvalue weighted by molar-refractivity contribution is 0.0658. The molecule has 8 heteroatoms. The molecule has 1 amide bonds. The van der Waals surface area contributed by atoms with E-state index in [2.05, 4.69) is 16.9 Å². The first kappa shape index (κ1) is 23.5. The van der Waals surface area contributed by atoms with Crippen LogP contribution in [0.15, 0.2) is 54.7 Å². The van der Waals surface area contributed by atoms with Crippen molar-refractivity contribution in [3.8, 4) is 34.0 Å². The highest BCUT2D eigenvalue weighted by atomic mass is 35.5. The van der Waals surface area contributed by atoms with Crippen LogP contribution in [-0.2, 0) is 0 Å². The molecule has 2 heterocycles. The second kappa shape index (κ2) is 10.4. The summed E-state index contributed by atoms with van der Waals surface area (Å²) in [6.45, 7) is 3.09. The van der Waals surface area contributed by atoms with Gasteiger partial charge in [0.15, 0.2) is 0 Å². The number of ether oxygens (including phenoxy) is 2. The Bertz CT molecular complexity index is 1050. The number of amides is 1. The molecule has 3 aromatic rings. The summed E-state index contributed by atoms with van der Waals surface area (Å²) in [6, 6.07) is 15.3. The van der Waals surface area contributed by atoms with Gasteiger partial charge in [0.25, 0.3) is 5.91 Å². The van der Waals surface area contributed by atoms with E-state index in [9.17, 15) is 4.79 Å². The molecule has 0 unspecified atom stereocenters. The zero-order chi connectivity index (χ0) is 21.8. The van der Waals surface area contributed by atoms with E-state index in [1.807, 2.05) is 53.4 Å². The van der Waals surface area contributed by atoms with Gasteiger partial charge in [-0.25, -0.2) is 4.98 Å². The molecule has 1 aliphatic heterocycles. The zero-order valence-electron chi connectivity index (χ0n) is 18.4. The third kappa shape index (κ3) is 5.00. The molecule has 0 spiro atoms. The Morgan fingerprint density at radius 3 is 1.81 bits per heavy atom. The van der Waals surface area contributed by atoms with Gasteiger partial charge >= 0.3 is 0 Å². The molecule has 7 nitrogen and oxygen atoms in total. The lowest BCUT2D eigenvalue weighted by Gasteiger charge is -2.32. The minimum Gasteiger partial charge on any atom is -0.497 e. The minimum absolute atomic E-state index is 0. The molecule has 0 N–H and O–H groups in total. The van der Waals surface area contributed by atoms with Crippen molar-refractivity contribution in [2.75, 3.05) is 47.4 Å². The first-order valence-corrected chi connectivity index (χ1v) is 10.2. The number of nitrogens with zero attached hydrogens (tertiary/aromatic N) is 4. The number of rotatable bonds is 5. The van der Waals surface area contributed by atoms with Crippen LogP contribution in [0.3, 0.4) is 0 Å². The van der Waals surface area contributed by atoms with Crippen molar-refractivity contribution in [3.05, 3.63) is 60.4 Å². The number of aromatic nitrogens is 2. The van der Waals surface area contributed by atoms with Gasteiger partial charge in [0.2, 0.25) is 0 Å². The molecule has 1 fully saturated rings. The molecule has 0 radical (unpaired) electrons. The smallest absolute Gasteiger partial charge is 0.274 e. The SMILES string of the molecule is COc1ccc(-c2ncc(C(=O)N3CCN(C)CC3)nc2-c2ccc(OC)cc2)cc1.Cl. The number of methoxy groups -OCH3 is 2. The monoisotopic (exact) mass is 454 g/mol. The van der Waals surface area contributed by atoms with Gasteiger partial charge in [-0.2, -0.15) is 0 Å². The van der Waals surface area contributed by atoms with Crippen molar-refractivity contribution in [1.29, 1.82) is 0 Å². The normalized spacial score (nSPS) is 13.9. The van der Waals surface area contributed by atoms with Crippen molar-refractivity contribution >= 4 is 18.3 Å². The second-order valence-corrected chi connectivity index (χ2v) is 7.50. The van der Waals surface area contributed by atoms with Crippen LogP contribution in [0.4, 0.5) is 0 Å². The summed E-state index contributed by atoms with van der Waals surface area (Å²) in [5.41, 5.74) is 3.49. The van der Waals surface area contributed by atoms with E-state index in [-0.39, 0.29) is 18.3 Å². The topological polar surface area (TPSA) is 67.8 Å². The summed E-state index contributed by atoms with van der Waals surface area (Å²) >= 11 is 0. The Balaban J connectivity index is 0.00000289. The van der Waals surface area contributed by atoms with Gasteiger partial charge in [-0.15, -0.1) is 12.4 Å². The zero-order valence-corrected chi connectivity index (χ0v) is 19.3. The summed E-state index contributed by atoms with van der Waals surface area (Å²) in [7, 11) is 5.33. The summed E-state index contributed by atoms with van der Waals surface area (Å²) in [5, 5.41) is 0. The number of hydrogen-bond donors (Lipinski definition) is 0. The molecule has 1 aliphatic rings. The second-order valence-electron chi connectivity index (χ2n) is 7.50. The first-order chi connectivity index (χ1) is 15.1. The minimum atomic E-state index is -0.0864. The molecule has 168 valence electrons. The van der Waals surface area contributed by atoms with Gasteiger partial charge in [0.1, 0.15) is 17.2 Å². The number of carbonyl (C=O) groups excluding carboxylic acids is 1. The number of likely N-dealkylation sites (N-methyl/N-ethyl adjacent to an activating group) is 1. The fourth-order valence-corrected chi connectivity index (χ4v) is 3.57. The van der Waals surface area contributed by atoms with Gasteiger partial charge in [-0.3, -0.25) is 9.78 Å². The van der Waals surface area contributed by atoms with Gasteiger partial charge in [-0.05, 0) is 55.6 Å². The van der Waals surface area contributed by atoms with Crippen LogP contribution in [0, 0.1) is 0 Å². The van der Waals surface area contributed by atoms with Crippen LogP contribution in [0.25, 0.3) is 22.5 Å². The van der Waals surface area contributed by atoms with E-state index < -0.39 is 0 Å². The Labute approximate surface area is 194 Å². The average Bonchev–Trinajstić information content (AvgIpc) is 2.84. The van der Waals surface area contributed by atoms with Gasteiger partial charge < -0.3 is 19.3 Å². The molecular weight excluding hydrogens is 428 g/mol. The maximum Gasteiger partial charge on any atom is 0.274 e. The molecule has 4 rings (SSSR count). The summed E-state index contributed by atoms with van der Waals surface area (Å²) < 4.78 is 10.5. The van der Waals surface area contributed by atoms with Crippen LogP contribution in [0.1, 0.15) is 10.5 Å². The molecule has 0 atom stereocenters. The van der Waals surface area contributed by atoms with E-state index in [0.29, 0.717) is 30.2 Å².